The van der Waals surface area contributed by atoms with E-state index in [9.17, 15) is 4.79 Å². The van der Waals surface area contributed by atoms with Gasteiger partial charge < -0.3 is 5.32 Å². The van der Waals surface area contributed by atoms with Crippen LogP contribution in [0.5, 0.6) is 0 Å². The number of thiophene rings is 1. The van der Waals surface area contributed by atoms with Crippen LogP contribution < -0.4 is 5.32 Å². The maximum Gasteiger partial charge on any atom is 0.230 e. The van der Waals surface area contributed by atoms with Gasteiger partial charge in [0.05, 0.1) is 23.5 Å². The number of nitrogens with zero attached hydrogens (tertiary/aromatic N) is 2. The molecule has 0 saturated carbocycles. The van der Waals surface area contributed by atoms with Crippen molar-refractivity contribution in [3.05, 3.63) is 53.0 Å². The second-order valence-electron chi connectivity index (χ2n) is 4.63. The lowest BCUT2D eigenvalue weighted by molar-refractivity contribution is -0.119. The summed E-state index contributed by atoms with van der Waals surface area (Å²) in [5.74, 6) is 0.387. The first-order valence-corrected chi connectivity index (χ1v) is 8.48. The van der Waals surface area contributed by atoms with Gasteiger partial charge in [0.15, 0.2) is 5.16 Å². The van der Waals surface area contributed by atoms with Gasteiger partial charge in [0, 0.05) is 11.1 Å². The number of amides is 1. The normalized spacial score (nSPS) is 12.4. The molecule has 3 aromatic rings. The average molecular weight is 317 g/mol. The van der Waals surface area contributed by atoms with Crippen molar-refractivity contribution in [3.8, 4) is 0 Å². The number of aromatic nitrogens is 2. The fourth-order valence-corrected chi connectivity index (χ4v) is 3.56. The summed E-state index contributed by atoms with van der Waals surface area (Å²) >= 11 is 3.10. The Morgan fingerprint density at radius 2 is 2.33 bits per heavy atom. The number of nitrogens with one attached hydrogen (secondary N) is 1. The Morgan fingerprint density at radius 3 is 3.14 bits per heavy atom. The molecular weight excluding hydrogens is 302 g/mol. The molecule has 0 aliphatic rings. The number of hydrogen-bond acceptors (Lipinski definition) is 4. The fraction of sp³-hybridized carbons (Fsp3) is 0.200. The summed E-state index contributed by atoms with van der Waals surface area (Å²) in [5, 5.41) is 5.86. The molecule has 4 nitrogen and oxygen atoms in total. The predicted molar refractivity (Wildman–Crippen MR) is 86.8 cm³/mol. The lowest BCUT2D eigenvalue weighted by Gasteiger charge is -2.11. The van der Waals surface area contributed by atoms with Gasteiger partial charge in [0.2, 0.25) is 5.91 Å². The summed E-state index contributed by atoms with van der Waals surface area (Å²) < 4.78 is 1.99. The third-order valence-corrected chi connectivity index (χ3v) is 5.11. The van der Waals surface area contributed by atoms with Crippen molar-refractivity contribution in [2.75, 3.05) is 5.75 Å². The van der Waals surface area contributed by atoms with E-state index in [4.69, 9.17) is 0 Å². The van der Waals surface area contributed by atoms with Gasteiger partial charge in [-0.3, -0.25) is 9.20 Å². The van der Waals surface area contributed by atoms with Crippen LogP contribution in [0.15, 0.2) is 53.3 Å². The average Bonchev–Trinajstić information content (AvgIpc) is 3.15. The summed E-state index contributed by atoms with van der Waals surface area (Å²) in [6, 6.07) is 10.0. The summed E-state index contributed by atoms with van der Waals surface area (Å²) in [4.78, 5) is 17.5. The Hall–Kier alpha value is -1.79. The number of carbonyl (C=O) groups excluding carboxylic acids is 1. The zero-order valence-corrected chi connectivity index (χ0v) is 13.2. The maximum atomic E-state index is 12.0. The van der Waals surface area contributed by atoms with Crippen molar-refractivity contribution in [2.24, 2.45) is 0 Å². The number of rotatable bonds is 5. The third kappa shape index (κ3) is 3.28. The number of fused-ring (bicyclic) bond motifs is 1. The van der Waals surface area contributed by atoms with Gasteiger partial charge in [-0.25, -0.2) is 4.98 Å². The molecule has 0 aromatic carbocycles. The summed E-state index contributed by atoms with van der Waals surface area (Å²) in [6.45, 7) is 2.00. The van der Waals surface area contributed by atoms with E-state index in [1.807, 2.05) is 59.4 Å². The molecule has 0 aliphatic carbocycles. The Bertz CT molecular complexity index is 736. The standard InChI is InChI=1S/C15H15N3OS2/c1-11(13-6-4-8-20-13)17-14(19)10-21-15-16-9-12-5-2-3-7-18(12)15/h2-9,11H,10H2,1H3,(H,17,19). The van der Waals surface area contributed by atoms with Crippen LogP contribution in [0.3, 0.4) is 0 Å². The first kappa shape index (κ1) is 14.2. The molecule has 108 valence electrons. The van der Waals surface area contributed by atoms with Crippen LogP contribution in [-0.2, 0) is 4.79 Å². The molecule has 6 heteroatoms. The van der Waals surface area contributed by atoms with Gasteiger partial charge in [0.25, 0.3) is 0 Å². The van der Waals surface area contributed by atoms with E-state index in [1.54, 1.807) is 11.3 Å². The van der Waals surface area contributed by atoms with Crippen LogP contribution in [0, 0.1) is 0 Å². The molecule has 1 amide bonds. The van der Waals surface area contributed by atoms with Gasteiger partial charge in [-0.15, -0.1) is 11.3 Å². The van der Waals surface area contributed by atoms with E-state index in [1.165, 1.54) is 16.6 Å². The number of hydrogen-bond donors (Lipinski definition) is 1. The molecule has 3 heterocycles. The number of thioether (sulfide) groups is 1. The van der Waals surface area contributed by atoms with Gasteiger partial charge in [-0.05, 0) is 30.5 Å². The zero-order valence-electron chi connectivity index (χ0n) is 11.5. The minimum Gasteiger partial charge on any atom is -0.348 e. The molecule has 0 radical (unpaired) electrons. The van der Waals surface area contributed by atoms with Gasteiger partial charge >= 0.3 is 0 Å². The molecule has 0 bridgehead atoms. The smallest absolute Gasteiger partial charge is 0.230 e. The van der Waals surface area contributed by atoms with Crippen LogP contribution in [0.25, 0.3) is 5.52 Å². The third-order valence-electron chi connectivity index (χ3n) is 3.08. The van der Waals surface area contributed by atoms with E-state index < -0.39 is 0 Å². The molecule has 1 unspecified atom stereocenters. The van der Waals surface area contributed by atoms with E-state index in [-0.39, 0.29) is 11.9 Å². The lowest BCUT2D eigenvalue weighted by Crippen LogP contribution is -2.27. The van der Waals surface area contributed by atoms with Crippen LogP contribution in [0.2, 0.25) is 0 Å². The van der Waals surface area contributed by atoms with Crippen molar-refractivity contribution < 1.29 is 4.79 Å². The molecule has 3 rings (SSSR count). The minimum atomic E-state index is 0.0218. The monoisotopic (exact) mass is 317 g/mol. The largest absolute Gasteiger partial charge is 0.348 e. The molecule has 0 aliphatic heterocycles. The van der Waals surface area contributed by atoms with Gasteiger partial charge in [0.1, 0.15) is 0 Å². The quantitative estimate of drug-likeness (QED) is 0.734. The highest BCUT2D eigenvalue weighted by Crippen LogP contribution is 2.20. The first-order chi connectivity index (χ1) is 10.2. The molecule has 0 fully saturated rings. The molecule has 0 spiro atoms. The van der Waals surface area contributed by atoms with E-state index >= 15 is 0 Å². The first-order valence-electron chi connectivity index (χ1n) is 6.61. The van der Waals surface area contributed by atoms with Crippen LogP contribution >= 0.6 is 23.1 Å². The van der Waals surface area contributed by atoms with Gasteiger partial charge in [-0.1, -0.05) is 23.9 Å². The number of pyridine rings is 1. The SMILES string of the molecule is CC(NC(=O)CSc1ncc2ccccn12)c1cccs1. The topological polar surface area (TPSA) is 46.4 Å². The van der Waals surface area contributed by atoms with E-state index in [2.05, 4.69) is 10.3 Å². The van der Waals surface area contributed by atoms with E-state index in [0.717, 1.165) is 10.7 Å². The highest BCUT2D eigenvalue weighted by Gasteiger charge is 2.12. The summed E-state index contributed by atoms with van der Waals surface area (Å²) in [6.07, 6.45) is 3.77. The number of imidazole rings is 1. The number of carbonyl (C=O) groups is 1. The predicted octanol–water partition coefficient (Wildman–Crippen LogP) is 3.37. The molecule has 3 aromatic heterocycles. The van der Waals surface area contributed by atoms with Crippen molar-refractivity contribution in [2.45, 2.75) is 18.1 Å². The van der Waals surface area contributed by atoms with Crippen LogP contribution in [-0.4, -0.2) is 21.0 Å². The van der Waals surface area contributed by atoms with Crippen molar-refractivity contribution in [1.82, 2.24) is 14.7 Å². The van der Waals surface area contributed by atoms with Crippen molar-refractivity contribution in [1.29, 1.82) is 0 Å². The Morgan fingerprint density at radius 1 is 1.43 bits per heavy atom. The van der Waals surface area contributed by atoms with Crippen molar-refractivity contribution >= 4 is 34.5 Å². The Balaban J connectivity index is 1.58. The highest BCUT2D eigenvalue weighted by molar-refractivity contribution is 7.99. The molecular formula is C15H15N3OS2. The Kier molecular flexibility index (Phi) is 4.26. The van der Waals surface area contributed by atoms with Crippen molar-refractivity contribution in [3.63, 3.8) is 0 Å². The molecule has 0 saturated heterocycles. The van der Waals surface area contributed by atoms with Crippen LogP contribution in [0.4, 0.5) is 0 Å². The molecule has 1 atom stereocenters. The zero-order chi connectivity index (χ0) is 14.7. The second kappa shape index (κ2) is 6.32. The summed E-state index contributed by atoms with van der Waals surface area (Å²) in [5.41, 5.74) is 1.03. The molecule has 1 N–H and O–H groups in total. The second-order valence-corrected chi connectivity index (χ2v) is 6.55. The fourth-order valence-electron chi connectivity index (χ4n) is 2.05. The minimum absolute atomic E-state index is 0.0218. The molecule has 21 heavy (non-hydrogen) atoms. The lowest BCUT2D eigenvalue weighted by atomic mass is 10.3. The van der Waals surface area contributed by atoms with E-state index in [0.29, 0.717) is 5.75 Å². The highest BCUT2D eigenvalue weighted by atomic mass is 32.2. The Labute approximate surface area is 131 Å². The van der Waals surface area contributed by atoms with Gasteiger partial charge in [-0.2, -0.15) is 0 Å². The maximum absolute atomic E-state index is 12.0. The van der Waals surface area contributed by atoms with Crippen LogP contribution in [0.1, 0.15) is 17.8 Å². The summed E-state index contributed by atoms with van der Waals surface area (Å²) in [7, 11) is 0.